The van der Waals surface area contributed by atoms with E-state index in [1.165, 1.54) is 7.05 Å². The normalized spacial score (nSPS) is 12.7. The zero-order valence-electron chi connectivity index (χ0n) is 20.8. The first kappa shape index (κ1) is 30.7. The van der Waals surface area contributed by atoms with Crippen LogP contribution < -0.4 is 4.84 Å². The topological polar surface area (TPSA) is 92.0 Å². The van der Waals surface area contributed by atoms with Crippen LogP contribution in [0.15, 0.2) is 54.6 Å². The van der Waals surface area contributed by atoms with E-state index in [-0.39, 0.29) is 31.7 Å². The van der Waals surface area contributed by atoms with Crippen molar-refractivity contribution < 1.29 is 51.0 Å². The van der Waals surface area contributed by atoms with Gasteiger partial charge in [0.2, 0.25) is 11.8 Å². The van der Waals surface area contributed by atoms with Crippen molar-refractivity contribution in [2.24, 2.45) is 0 Å². The van der Waals surface area contributed by atoms with Crippen LogP contribution in [0.1, 0.15) is 46.3 Å². The second-order valence-corrected chi connectivity index (χ2v) is 9.33. The minimum Gasteiger partial charge on any atom is -0.492 e. The summed E-state index contributed by atoms with van der Waals surface area (Å²) in [5.41, 5.74) is -3.37. The van der Waals surface area contributed by atoms with Gasteiger partial charge in [0.05, 0.1) is 11.1 Å². The van der Waals surface area contributed by atoms with Gasteiger partial charge in [-0.25, -0.2) is 4.79 Å². The molecule has 14 heteroatoms. The smallest absolute Gasteiger partial charge is 0.416 e. The molecule has 2 aromatic carbocycles. The largest absolute Gasteiger partial charge is 0.492 e. The van der Waals surface area contributed by atoms with Crippen LogP contribution in [0.25, 0.3) is 0 Å². The molecule has 3 rings (SSSR count). The number of likely N-dealkylation sites (N-methyl/N-ethyl adjacent to an activating group) is 1. The van der Waals surface area contributed by atoms with Crippen molar-refractivity contribution in [3.63, 3.8) is 0 Å². The quantitative estimate of drug-likeness (QED) is 0.293. The zero-order valence-corrected chi connectivity index (χ0v) is 21.5. The van der Waals surface area contributed by atoms with Crippen LogP contribution >= 0.6 is 11.6 Å². The summed E-state index contributed by atoms with van der Waals surface area (Å²) >= 11 is 5.91. The SMILES string of the molecule is CN(C(=O)c1cc(C(F)(F)F)cc(C(F)(F)F)c1)C(CCCC(=O)On1c(O)ccc1O)Cc1ccc(Cl)cc1. The summed E-state index contributed by atoms with van der Waals surface area (Å²) < 4.78 is 80.5. The number of carbonyl (C=O) groups excluding carboxylic acids is 2. The fourth-order valence-electron chi connectivity index (χ4n) is 3.90. The number of benzene rings is 2. The number of halogens is 7. The van der Waals surface area contributed by atoms with Crippen LogP contribution in [0.2, 0.25) is 5.02 Å². The Morgan fingerprint density at radius 1 is 0.925 bits per heavy atom. The maximum Gasteiger partial charge on any atom is 0.416 e. The first-order valence-electron chi connectivity index (χ1n) is 11.7. The van der Waals surface area contributed by atoms with Crippen molar-refractivity contribution >= 4 is 23.5 Å². The van der Waals surface area contributed by atoms with E-state index < -0.39 is 58.7 Å². The fourth-order valence-corrected chi connectivity index (χ4v) is 4.02. The van der Waals surface area contributed by atoms with Gasteiger partial charge in [0.15, 0.2) is 0 Å². The van der Waals surface area contributed by atoms with Gasteiger partial charge in [0, 0.05) is 42.2 Å². The monoisotopic (exact) mass is 592 g/mol. The fraction of sp³-hybridized carbons (Fsp3) is 0.308. The van der Waals surface area contributed by atoms with Crippen LogP contribution in [0.5, 0.6) is 11.8 Å². The molecule has 40 heavy (non-hydrogen) atoms. The molecular weight excluding hydrogens is 570 g/mol. The lowest BCUT2D eigenvalue weighted by atomic mass is 9.98. The first-order valence-corrected chi connectivity index (χ1v) is 12.1. The second-order valence-electron chi connectivity index (χ2n) is 8.89. The Hall–Kier alpha value is -3.87. The van der Waals surface area contributed by atoms with Gasteiger partial charge in [-0.2, -0.15) is 26.3 Å². The molecule has 1 aromatic heterocycles. The van der Waals surface area contributed by atoms with E-state index in [0.717, 1.165) is 17.0 Å². The lowest BCUT2D eigenvalue weighted by molar-refractivity contribution is -0.146. The second kappa shape index (κ2) is 12.1. The standard InChI is InChI=1S/C26H23ClF6N2O5/c1-34(24(39)16-12-17(25(28,29)30)14-18(13-16)26(31,32)33)20(11-15-5-7-19(27)8-6-15)3-2-4-23(38)40-35-21(36)9-10-22(35)37/h5-10,12-14,20,36-37H,2-4,11H2,1H3. The Bertz CT molecular complexity index is 1300. The summed E-state index contributed by atoms with van der Waals surface area (Å²) in [7, 11) is 1.24. The average molecular weight is 593 g/mol. The molecule has 1 unspecified atom stereocenters. The van der Waals surface area contributed by atoms with Gasteiger partial charge in [-0.05, 0) is 55.2 Å². The maximum atomic E-state index is 13.3. The van der Waals surface area contributed by atoms with Gasteiger partial charge < -0.3 is 20.0 Å². The van der Waals surface area contributed by atoms with E-state index in [0.29, 0.717) is 27.4 Å². The Labute approximate surface area is 229 Å². The molecule has 0 aliphatic rings. The van der Waals surface area contributed by atoms with E-state index in [1.807, 2.05) is 0 Å². The minimum absolute atomic E-state index is 0.0616. The number of alkyl halides is 6. The zero-order chi connectivity index (χ0) is 29.8. The number of aromatic hydroxyl groups is 2. The predicted molar refractivity (Wildman–Crippen MR) is 131 cm³/mol. The van der Waals surface area contributed by atoms with Crippen LogP contribution in [0, 0.1) is 0 Å². The van der Waals surface area contributed by atoms with E-state index in [4.69, 9.17) is 16.4 Å². The highest BCUT2D eigenvalue weighted by Gasteiger charge is 2.38. The van der Waals surface area contributed by atoms with Gasteiger partial charge in [-0.1, -0.05) is 23.7 Å². The highest BCUT2D eigenvalue weighted by molar-refractivity contribution is 6.30. The van der Waals surface area contributed by atoms with Crippen molar-refractivity contribution in [1.82, 2.24) is 9.63 Å². The van der Waals surface area contributed by atoms with Gasteiger partial charge >= 0.3 is 18.3 Å². The molecule has 3 aromatic rings. The molecule has 0 fully saturated rings. The highest BCUT2D eigenvalue weighted by atomic mass is 35.5. The molecular formula is C26H23ClF6N2O5. The van der Waals surface area contributed by atoms with Crippen LogP contribution in [0.3, 0.4) is 0 Å². The van der Waals surface area contributed by atoms with Crippen molar-refractivity contribution in [3.8, 4) is 11.8 Å². The lowest BCUT2D eigenvalue weighted by Crippen LogP contribution is -2.39. The highest BCUT2D eigenvalue weighted by Crippen LogP contribution is 2.36. The number of amides is 1. The van der Waals surface area contributed by atoms with Crippen LogP contribution in [-0.4, -0.2) is 44.8 Å². The summed E-state index contributed by atoms with van der Waals surface area (Å²) in [6.07, 6.45) is -10.2. The van der Waals surface area contributed by atoms with Gasteiger partial charge in [-0.15, -0.1) is 4.73 Å². The third-order valence-electron chi connectivity index (χ3n) is 6.00. The number of hydrogen-bond donors (Lipinski definition) is 2. The molecule has 0 aliphatic heterocycles. The van der Waals surface area contributed by atoms with Gasteiger partial charge in [0.25, 0.3) is 5.91 Å². The molecule has 1 heterocycles. The molecule has 0 bridgehead atoms. The lowest BCUT2D eigenvalue weighted by Gasteiger charge is -2.29. The van der Waals surface area contributed by atoms with E-state index in [2.05, 4.69) is 0 Å². The third kappa shape index (κ3) is 7.84. The summed E-state index contributed by atoms with van der Waals surface area (Å²) in [5, 5.41) is 19.6. The van der Waals surface area contributed by atoms with Crippen LogP contribution in [-0.2, 0) is 23.6 Å². The number of aromatic nitrogens is 1. The molecule has 216 valence electrons. The summed E-state index contributed by atoms with van der Waals surface area (Å²) in [5.74, 6) is -3.00. The number of rotatable bonds is 9. The molecule has 2 N–H and O–H groups in total. The molecule has 1 amide bonds. The number of carbonyl (C=O) groups is 2. The van der Waals surface area contributed by atoms with E-state index >= 15 is 0 Å². The Morgan fingerprint density at radius 2 is 1.45 bits per heavy atom. The minimum atomic E-state index is -5.12. The molecule has 7 nitrogen and oxygen atoms in total. The number of hydrogen-bond acceptors (Lipinski definition) is 5. The van der Waals surface area contributed by atoms with Crippen LogP contribution in [0.4, 0.5) is 26.3 Å². The van der Waals surface area contributed by atoms with Crippen molar-refractivity contribution in [2.75, 3.05) is 7.05 Å². The number of nitrogens with zero attached hydrogens (tertiary/aromatic N) is 2. The Morgan fingerprint density at radius 3 is 1.95 bits per heavy atom. The summed E-state index contributed by atoms with van der Waals surface area (Å²) in [6.45, 7) is 0. The Balaban J connectivity index is 1.83. The maximum absolute atomic E-state index is 13.3. The molecule has 0 aliphatic carbocycles. The molecule has 0 spiro atoms. The van der Waals surface area contributed by atoms with E-state index in [1.54, 1.807) is 24.3 Å². The Kier molecular flexibility index (Phi) is 9.28. The summed E-state index contributed by atoms with van der Waals surface area (Å²) in [6, 6.07) is 8.51. The molecule has 1 atom stereocenters. The summed E-state index contributed by atoms with van der Waals surface area (Å²) in [4.78, 5) is 31.3. The average Bonchev–Trinajstić information content (AvgIpc) is 3.19. The molecule has 0 saturated heterocycles. The van der Waals surface area contributed by atoms with Crippen molar-refractivity contribution in [3.05, 3.63) is 81.9 Å². The van der Waals surface area contributed by atoms with E-state index in [9.17, 15) is 46.1 Å². The molecule has 0 radical (unpaired) electrons. The molecule has 0 saturated carbocycles. The van der Waals surface area contributed by atoms with Crippen molar-refractivity contribution in [2.45, 2.75) is 44.1 Å². The van der Waals surface area contributed by atoms with Gasteiger partial charge in [-0.3, -0.25) is 4.79 Å². The first-order chi connectivity index (χ1) is 18.6. The third-order valence-corrected chi connectivity index (χ3v) is 6.25. The van der Waals surface area contributed by atoms with Crippen molar-refractivity contribution in [1.29, 1.82) is 0 Å². The predicted octanol–water partition coefficient (Wildman–Crippen LogP) is 6.10. The van der Waals surface area contributed by atoms with Gasteiger partial charge in [0.1, 0.15) is 0 Å².